The molecule has 6 unspecified atom stereocenters. The summed E-state index contributed by atoms with van der Waals surface area (Å²) < 4.78 is 36.9. The second-order valence-electron chi connectivity index (χ2n) is 25.0. The van der Waals surface area contributed by atoms with Gasteiger partial charge in [0.2, 0.25) is 5.43 Å². The lowest BCUT2D eigenvalue weighted by Gasteiger charge is -2.62. The molecule has 6 fully saturated rings. The quantitative estimate of drug-likeness (QED) is 0.0619. The van der Waals surface area contributed by atoms with Crippen molar-refractivity contribution in [2.75, 3.05) is 37.4 Å². The molecule has 12 nitrogen and oxygen atoms in total. The molecule has 11 atom stereocenters. The molecular weight excluding hydrogens is 970 g/mol. The van der Waals surface area contributed by atoms with E-state index in [0.717, 1.165) is 82.6 Å². The summed E-state index contributed by atoms with van der Waals surface area (Å²) >= 11 is 1.74. The Balaban J connectivity index is 0.740. The molecule has 1 N–H and O–H groups in total. The highest BCUT2D eigenvalue weighted by Crippen LogP contribution is 2.68. The van der Waals surface area contributed by atoms with Crippen molar-refractivity contribution in [1.82, 2.24) is 9.47 Å². The van der Waals surface area contributed by atoms with Crippen LogP contribution in [0.15, 0.2) is 23.5 Å². The summed E-state index contributed by atoms with van der Waals surface area (Å²) in [6.45, 7) is 18.2. The van der Waals surface area contributed by atoms with Crippen molar-refractivity contribution in [1.29, 1.82) is 0 Å². The zero-order chi connectivity index (χ0) is 53.6. The number of unbranched alkanes of at least 4 members (excludes halogenated alkanes) is 7. The Kier molecular flexibility index (Phi) is 17.1. The van der Waals surface area contributed by atoms with Crippen LogP contribution in [0.25, 0.3) is 10.9 Å². The third kappa shape index (κ3) is 10.7. The van der Waals surface area contributed by atoms with Crippen LogP contribution in [-0.2, 0) is 35.0 Å². The van der Waals surface area contributed by atoms with E-state index in [9.17, 15) is 29.1 Å². The number of ether oxygens (including phenoxy) is 3. The van der Waals surface area contributed by atoms with Gasteiger partial charge in [-0.1, -0.05) is 72.3 Å². The number of hydrogen-bond acceptors (Lipinski definition) is 12. The van der Waals surface area contributed by atoms with E-state index in [-0.39, 0.29) is 70.6 Å². The average Bonchev–Trinajstić information content (AvgIpc) is 3.82. The number of aromatic nitrogens is 1. The number of piperidine rings is 2. The first-order valence-electron chi connectivity index (χ1n) is 29.2. The molecule has 9 rings (SSSR count). The van der Waals surface area contributed by atoms with E-state index in [1.54, 1.807) is 18.7 Å². The number of Topliss-reactive ketones (excluding diaryl/α,β-unsaturated/α-hetero) is 1. The van der Waals surface area contributed by atoms with Crippen molar-refractivity contribution in [2.45, 2.75) is 224 Å². The number of aryl methyl sites for hydroxylation is 1. The van der Waals surface area contributed by atoms with Crippen LogP contribution in [0.5, 0.6) is 0 Å². The van der Waals surface area contributed by atoms with Crippen LogP contribution in [-0.4, -0.2) is 106 Å². The number of carbonyl (C=O) groups excluding carboxylic acids is 4. The number of anilines is 1. The van der Waals surface area contributed by atoms with Gasteiger partial charge < -0.3 is 33.7 Å². The van der Waals surface area contributed by atoms with Gasteiger partial charge in [-0.15, -0.1) is 18.3 Å². The number of benzene rings is 1. The molecule has 2 aromatic rings. The van der Waals surface area contributed by atoms with Gasteiger partial charge in [-0.3, -0.25) is 19.2 Å². The highest BCUT2D eigenvalue weighted by Gasteiger charge is 2.69. The molecule has 3 saturated heterocycles. The first kappa shape index (κ1) is 56.0. The van der Waals surface area contributed by atoms with E-state index in [4.69, 9.17) is 14.2 Å². The minimum atomic E-state index is -0.682. The lowest BCUT2D eigenvalue weighted by Crippen LogP contribution is -2.63. The van der Waals surface area contributed by atoms with Gasteiger partial charge in [0.05, 0.1) is 29.7 Å². The normalized spacial score (nSPS) is 33.7. The van der Waals surface area contributed by atoms with Gasteiger partial charge in [-0.2, -0.15) is 0 Å². The first-order valence-corrected chi connectivity index (χ1v) is 30.3. The number of halogens is 1. The Bertz CT molecular complexity index is 2530. The number of esters is 3. The van der Waals surface area contributed by atoms with Crippen LogP contribution in [0.1, 0.15) is 197 Å². The number of hydrogen-bond donors (Lipinski definition) is 1. The molecule has 14 heteroatoms. The van der Waals surface area contributed by atoms with E-state index in [0.29, 0.717) is 104 Å². The van der Waals surface area contributed by atoms with Crippen molar-refractivity contribution in [2.24, 2.45) is 34.0 Å². The van der Waals surface area contributed by atoms with Crippen LogP contribution in [0, 0.1) is 46.7 Å². The Morgan fingerprint density at radius 2 is 1.55 bits per heavy atom. The average molecular weight is 1060 g/mol. The van der Waals surface area contributed by atoms with Crippen LogP contribution in [0.2, 0.25) is 0 Å². The molecule has 4 aliphatic heterocycles. The summed E-state index contributed by atoms with van der Waals surface area (Å²) in [6, 6.07) is 2.51. The zero-order valence-corrected chi connectivity index (χ0v) is 47.2. The number of aliphatic hydroxyl groups is 1. The van der Waals surface area contributed by atoms with Gasteiger partial charge in [0.15, 0.2) is 0 Å². The smallest absolute Gasteiger partial charge is 0.343 e. The largest absolute Gasteiger partial charge is 0.462 e. The number of aliphatic hydroxyl groups excluding tert-OH is 1. The SMILES string of the molecule is C=C[C@@]1(C)C[C@H](OC(=O)CSC2CC3CCC(C2)N3C)[C@@]2(C)C(C)CCC3(CCC(=O)C32)[C@H](C)[C@@H]1OC(=O)CCCCCCCCCCOC(=O)c1c(C)n2c3c(c(N4CCC(O)CC4)c(F)cc3c1=O)CCC2C. The van der Waals surface area contributed by atoms with Crippen molar-refractivity contribution in [3.8, 4) is 0 Å². The second-order valence-corrected chi connectivity index (χ2v) is 26.3. The van der Waals surface area contributed by atoms with Crippen LogP contribution in [0.4, 0.5) is 10.1 Å². The molecule has 0 amide bonds. The van der Waals surface area contributed by atoms with Gasteiger partial charge >= 0.3 is 17.9 Å². The van der Waals surface area contributed by atoms with E-state index >= 15 is 4.39 Å². The van der Waals surface area contributed by atoms with Crippen LogP contribution in [0.3, 0.4) is 0 Å². The molecule has 75 heavy (non-hydrogen) atoms. The molecule has 5 heterocycles. The zero-order valence-electron chi connectivity index (χ0n) is 46.4. The summed E-state index contributed by atoms with van der Waals surface area (Å²) in [5.41, 5.74) is 0.464. The van der Waals surface area contributed by atoms with Crippen molar-refractivity contribution >= 4 is 52.0 Å². The fourth-order valence-electron chi connectivity index (χ4n) is 16.1. The number of pyridine rings is 1. The van der Waals surface area contributed by atoms with Gasteiger partial charge in [0.25, 0.3) is 0 Å². The molecule has 0 radical (unpaired) electrons. The van der Waals surface area contributed by atoms with Gasteiger partial charge in [0.1, 0.15) is 29.4 Å². The number of nitrogens with zero attached hydrogens (tertiary/aromatic N) is 3. The third-order valence-corrected chi connectivity index (χ3v) is 22.0. The molecular formula is C61H88FN3O9S. The van der Waals surface area contributed by atoms with Crippen LogP contribution < -0.4 is 10.3 Å². The maximum Gasteiger partial charge on any atom is 0.343 e. The van der Waals surface area contributed by atoms with Gasteiger partial charge in [-0.05, 0) is 128 Å². The predicted molar refractivity (Wildman–Crippen MR) is 294 cm³/mol. The molecule has 7 aliphatic rings. The Labute approximate surface area is 450 Å². The standard InChI is InChI=1S/C61H88FN3O9S/c1-9-59(6)35-49(73-51(69)36-75-44-32-41-20-21-42(33-44)63(41)8)60(7)37(2)23-27-61(28-24-48(67)56(60)61)39(4)57(59)74-50(68)18-16-14-12-10-11-13-15-17-31-72-58(71)52-40(5)65-38(3)19-22-45-53(65)46(55(52)70)34-47(62)54(45)64-29-25-43(66)26-30-64/h9,34,37-39,41-44,49,56-57,66H,1,10-33,35-36H2,2-8H3/t37?,38?,39-,41?,42?,44?,49+,56?,57+,59+,60-,61?/m1/s1. The second kappa shape index (κ2) is 22.9. The lowest BCUT2D eigenvalue weighted by atomic mass is 9.44. The lowest BCUT2D eigenvalue weighted by molar-refractivity contribution is -0.212. The van der Waals surface area contributed by atoms with Gasteiger partial charge in [-0.25, -0.2) is 9.18 Å². The molecule has 4 bridgehead atoms. The highest BCUT2D eigenvalue weighted by molar-refractivity contribution is 8.00. The predicted octanol–water partition coefficient (Wildman–Crippen LogP) is 11.4. The molecule has 0 spiro atoms. The van der Waals surface area contributed by atoms with E-state index < -0.39 is 40.3 Å². The number of fused-ring (bicyclic) bond motifs is 2. The number of carbonyl (C=O) groups is 4. The third-order valence-electron chi connectivity index (χ3n) is 20.8. The van der Waals surface area contributed by atoms with E-state index in [1.165, 1.54) is 18.9 Å². The maximum absolute atomic E-state index is 15.9. The van der Waals surface area contributed by atoms with Crippen molar-refractivity contribution in [3.63, 3.8) is 0 Å². The molecule has 1 aromatic heterocycles. The summed E-state index contributed by atoms with van der Waals surface area (Å²) in [5.74, 6) is -1.19. The Morgan fingerprint density at radius 1 is 0.880 bits per heavy atom. The van der Waals surface area contributed by atoms with E-state index in [1.807, 2.05) is 15.5 Å². The molecule has 1 aromatic carbocycles. The van der Waals surface area contributed by atoms with Crippen molar-refractivity contribution < 1.29 is 42.9 Å². The minimum Gasteiger partial charge on any atom is -0.462 e. The Morgan fingerprint density at radius 3 is 2.23 bits per heavy atom. The maximum atomic E-state index is 15.9. The molecule has 3 aliphatic carbocycles. The summed E-state index contributed by atoms with van der Waals surface area (Å²) in [6.07, 6.45) is 18.6. The molecule has 3 saturated carbocycles. The van der Waals surface area contributed by atoms with Gasteiger partial charge in [0, 0.05) is 88.6 Å². The highest BCUT2D eigenvalue weighted by atomic mass is 32.2. The fourth-order valence-corrected chi connectivity index (χ4v) is 17.3. The van der Waals surface area contributed by atoms with Crippen LogP contribution >= 0.6 is 11.8 Å². The van der Waals surface area contributed by atoms with Crippen molar-refractivity contribution in [3.05, 3.63) is 51.6 Å². The summed E-state index contributed by atoms with van der Waals surface area (Å²) in [5, 5.41) is 10.7. The summed E-state index contributed by atoms with van der Waals surface area (Å²) in [7, 11) is 2.24. The monoisotopic (exact) mass is 1060 g/mol. The Hall–Kier alpha value is -3.75. The number of thioether (sulfide) groups is 1. The topological polar surface area (TPSA) is 145 Å². The fraction of sp³-hybridized carbons (Fsp3) is 0.754. The number of rotatable bonds is 19. The first-order chi connectivity index (χ1) is 35.8. The minimum absolute atomic E-state index is 0.0178. The summed E-state index contributed by atoms with van der Waals surface area (Å²) in [4.78, 5) is 74.1. The molecule has 414 valence electrons. The van der Waals surface area contributed by atoms with E-state index in [2.05, 4.69) is 53.1 Å². The number of ketones is 1.